The van der Waals surface area contributed by atoms with E-state index in [1.165, 1.54) is 15.3 Å². The van der Waals surface area contributed by atoms with Crippen molar-refractivity contribution < 1.29 is 22.4 Å². The number of carbonyl (C=O) groups excluding carboxylic acids is 2. The first kappa shape index (κ1) is 23.7. The maximum Gasteiger partial charge on any atom is 0.256 e. The number of likely N-dealkylation sites (tertiary alicyclic amines) is 2. The number of amides is 2. The number of piperidine rings is 2. The van der Waals surface area contributed by atoms with Gasteiger partial charge in [0.25, 0.3) is 5.91 Å². The van der Waals surface area contributed by atoms with Crippen molar-refractivity contribution in [2.75, 3.05) is 39.3 Å². The molecule has 172 valence electrons. The Morgan fingerprint density at radius 2 is 1.61 bits per heavy atom. The molecule has 0 N–H and O–H groups in total. The van der Waals surface area contributed by atoms with Gasteiger partial charge in [-0.25, -0.2) is 12.8 Å². The van der Waals surface area contributed by atoms with E-state index >= 15 is 0 Å². The summed E-state index contributed by atoms with van der Waals surface area (Å²) >= 11 is 0. The van der Waals surface area contributed by atoms with Gasteiger partial charge in [-0.3, -0.25) is 9.59 Å². The van der Waals surface area contributed by atoms with Gasteiger partial charge in [0, 0.05) is 45.2 Å². The van der Waals surface area contributed by atoms with E-state index in [4.69, 9.17) is 0 Å². The molecule has 2 fully saturated rings. The molecule has 3 rings (SSSR count). The van der Waals surface area contributed by atoms with E-state index < -0.39 is 21.7 Å². The number of hydrogen-bond donors (Lipinski definition) is 0. The van der Waals surface area contributed by atoms with Crippen LogP contribution in [0, 0.1) is 11.7 Å². The Kier molecular flexibility index (Phi) is 7.69. The molecule has 31 heavy (non-hydrogen) atoms. The van der Waals surface area contributed by atoms with E-state index in [9.17, 15) is 22.4 Å². The van der Waals surface area contributed by atoms with Crippen LogP contribution < -0.4 is 0 Å². The van der Waals surface area contributed by atoms with E-state index in [0.717, 1.165) is 44.5 Å². The first-order valence-electron chi connectivity index (χ1n) is 11.2. The molecule has 0 spiro atoms. The molecule has 1 aromatic rings. The molecule has 2 saturated heterocycles. The quantitative estimate of drug-likeness (QED) is 0.664. The summed E-state index contributed by atoms with van der Waals surface area (Å²) in [5, 5.41) is 0. The Labute approximate surface area is 184 Å². The summed E-state index contributed by atoms with van der Waals surface area (Å²) in [5.41, 5.74) is -0.242. The maximum atomic E-state index is 14.5. The molecule has 0 aliphatic carbocycles. The zero-order chi connectivity index (χ0) is 22.6. The summed E-state index contributed by atoms with van der Waals surface area (Å²) in [6.07, 6.45) is 4.32. The fourth-order valence-corrected chi connectivity index (χ4v) is 5.90. The van der Waals surface area contributed by atoms with E-state index in [0.29, 0.717) is 25.9 Å². The van der Waals surface area contributed by atoms with Gasteiger partial charge < -0.3 is 9.80 Å². The lowest BCUT2D eigenvalue weighted by atomic mass is 9.94. The zero-order valence-electron chi connectivity index (χ0n) is 18.3. The first-order valence-corrected chi connectivity index (χ1v) is 12.6. The summed E-state index contributed by atoms with van der Waals surface area (Å²) in [6, 6.07) is 3.37. The zero-order valence-corrected chi connectivity index (χ0v) is 19.2. The molecule has 2 aliphatic heterocycles. The highest BCUT2D eigenvalue weighted by molar-refractivity contribution is 7.89. The average molecular weight is 454 g/mol. The van der Waals surface area contributed by atoms with Crippen LogP contribution in [0.15, 0.2) is 23.1 Å². The third-order valence-corrected chi connectivity index (χ3v) is 8.36. The SMILES string of the molecule is CCN(CC)S(=O)(=O)c1ccc(F)c(C(=O)N2CCC(C(=O)N3CCCCC3)CC2)c1. The topological polar surface area (TPSA) is 78.0 Å². The van der Waals surface area contributed by atoms with Crippen molar-refractivity contribution in [2.24, 2.45) is 5.92 Å². The van der Waals surface area contributed by atoms with Gasteiger partial charge in [0.1, 0.15) is 5.82 Å². The van der Waals surface area contributed by atoms with Gasteiger partial charge in [-0.15, -0.1) is 0 Å². The van der Waals surface area contributed by atoms with Crippen LogP contribution >= 0.6 is 0 Å². The van der Waals surface area contributed by atoms with Crippen molar-refractivity contribution in [3.63, 3.8) is 0 Å². The van der Waals surface area contributed by atoms with Crippen LogP contribution in [0.4, 0.5) is 4.39 Å². The lowest BCUT2D eigenvalue weighted by Crippen LogP contribution is -2.45. The highest BCUT2D eigenvalue weighted by atomic mass is 32.2. The third-order valence-electron chi connectivity index (χ3n) is 6.31. The first-order chi connectivity index (χ1) is 14.8. The van der Waals surface area contributed by atoms with Crippen molar-refractivity contribution in [3.05, 3.63) is 29.6 Å². The van der Waals surface area contributed by atoms with E-state index in [1.54, 1.807) is 13.8 Å². The number of hydrogen-bond acceptors (Lipinski definition) is 4. The van der Waals surface area contributed by atoms with Crippen molar-refractivity contribution in [1.82, 2.24) is 14.1 Å². The summed E-state index contributed by atoms with van der Waals surface area (Å²) < 4.78 is 41.3. The minimum Gasteiger partial charge on any atom is -0.342 e. The number of rotatable bonds is 6. The van der Waals surface area contributed by atoms with Gasteiger partial charge >= 0.3 is 0 Å². The molecule has 2 amide bonds. The smallest absolute Gasteiger partial charge is 0.256 e. The van der Waals surface area contributed by atoms with Crippen LogP contribution in [-0.4, -0.2) is 73.6 Å². The van der Waals surface area contributed by atoms with Crippen LogP contribution in [0.2, 0.25) is 0 Å². The lowest BCUT2D eigenvalue weighted by Gasteiger charge is -2.35. The molecule has 7 nitrogen and oxygen atoms in total. The molecule has 2 heterocycles. The Morgan fingerprint density at radius 1 is 1.00 bits per heavy atom. The molecular weight excluding hydrogens is 421 g/mol. The number of halogens is 1. The molecule has 9 heteroatoms. The van der Waals surface area contributed by atoms with Gasteiger partial charge in [0.05, 0.1) is 10.5 Å². The van der Waals surface area contributed by atoms with Gasteiger partial charge in [-0.2, -0.15) is 4.31 Å². The minimum absolute atomic E-state index is 0.0869. The number of nitrogens with zero attached hydrogens (tertiary/aromatic N) is 3. The van der Waals surface area contributed by atoms with Crippen LogP contribution in [0.1, 0.15) is 56.3 Å². The normalized spacial score (nSPS) is 18.5. The standard InChI is InChI=1S/C22H32FN3O4S/c1-3-26(4-2)31(29,30)18-8-9-20(23)19(16-18)22(28)25-14-10-17(11-15-25)21(27)24-12-6-5-7-13-24/h8-9,16-17H,3-7,10-15H2,1-2H3. The summed E-state index contributed by atoms with van der Waals surface area (Å²) in [7, 11) is -3.79. The molecule has 0 atom stereocenters. The molecule has 0 aromatic heterocycles. The number of carbonyl (C=O) groups is 2. The van der Waals surface area contributed by atoms with Gasteiger partial charge in [0.2, 0.25) is 15.9 Å². The maximum absolute atomic E-state index is 14.5. The van der Waals surface area contributed by atoms with Crippen LogP contribution in [0.3, 0.4) is 0 Å². The predicted octanol–water partition coefficient (Wildman–Crippen LogP) is 2.72. The fraction of sp³-hybridized carbons (Fsp3) is 0.636. The third kappa shape index (κ3) is 5.09. The molecule has 1 aromatic carbocycles. The highest BCUT2D eigenvalue weighted by Gasteiger charge is 2.32. The van der Waals surface area contributed by atoms with Crippen molar-refractivity contribution in [2.45, 2.75) is 50.8 Å². The summed E-state index contributed by atoms with van der Waals surface area (Å²) in [6.45, 7) is 6.35. The largest absolute Gasteiger partial charge is 0.342 e. The Balaban J connectivity index is 1.70. The van der Waals surface area contributed by atoms with Crippen LogP contribution in [0.5, 0.6) is 0 Å². The second-order valence-corrected chi connectivity index (χ2v) is 10.1. The molecule has 0 radical (unpaired) electrons. The average Bonchev–Trinajstić information content (AvgIpc) is 2.79. The van der Waals surface area contributed by atoms with Crippen molar-refractivity contribution in [3.8, 4) is 0 Å². The highest BCUT2D eigenvalue weighted by Crippen LogP contribution is 2.25. The molecule has 0 saturated carbocycles. The predicted molar refractivity (Wildman–Crippen MR) is 116 cm³/mol. The van der Waals surface area contributed by atoms with Crippen LogP contribution in [-0.2, 0) is 14.8 Å². The second-order valence-electron chi connectivity index (χ2n) is 8.18. The van der Waals surface area contributed by atoms with Gasteiger partial charge in [0.15, 0.2) is 0 Å². The summed E-state index contributed by atoms with van der Waals surface area (Å²) in [4.78, 5) is 29.0. The molecular formula is C22H32FN3O4S. The number of benzene rings is 1. The summed E-state index contributed by atoms with van der Waals surface area (Å²) in [5.74, 6) is -1.22. The van der Waals surface area contributed by atoms with E-state index in [2.05, 4.69) is 0 Å². The minimum atomic E-state index is -3.79. The second kappa shape index (κ2) is 10.1. The number of sulfonamides is 1. The van der Waals surface area contributed by atoms with Gasteiger partial charge in [-0.05, 0) is 50.3 Å². The van der Waals surface area contributed by atoms with Gasteiger partial charge in [-0.1, -0.05) is 13.8 Å². The molecule has 0 unspecified atom stereocenters. The Bertz CT molecular complexity index is 903. The van der Waals surface area contributed by atoms with Crippen molar-refractivity contribution >= 4 is 21.8 Å². The fourth-order valence-electron chi connectivity index (χ4n) is 4.41. The van der Waals surface area contributed by atoms with Crippen molar-refractivity contribution in [1.29, 1.82) is 0 Å². The van der Waals surface area contributed by atoms with E-state index in [-0.39, 0.29) is 35.4 Å². The van der Waals surface area contributed by atoms with Crippen LogP contribution in [0.25, 0.3) is 0 Å². The van der Waals surface area contributed by atoms with E-state index in [1.807, 2.05) is 4.90 Å². The lowest BCUT2D eigenvalue weighted by molar-refractivity contribution is -0.137. The molecule has 0 bridgehead atoms. The molecule has 2 aliphatic rings. The Hall–Kier alpha value is -2.00. The Morgan fingerprint density at radius 3 is 2.19 bits per heavy atom. The monoisotopic (exact) mass is 453 g/mol.